The van der Waals surface area contributed by atoms with Crippen molar-refractivity contribution in [2.45, 2.75) is 9.90 Å². The van der Waals surface area contributed by atoms with Gasteiger partial charge in [0, 0.05) is 0 Å². The highest BCUT2D eigenvalue weighted by molar-refractivity contribution is 6.68. The van der Waals surface area contributed by atoms with Crippen molar-refractivity contribution in [2.75, 3.05) is 0 Å². The number of halogens is 5. The maximum Gasteiger partial charge on any atom is 0.446 e. The molecule has 0 N–H and O–H groups in total. The minimum absolute atomic E-state index is 0.0659. The second-order valence-electron chi connectivity index (χ2n) is 2.43. The normalized spacial score (nSPS) is 12.6. The number of alkyl halides is 5. The summed E-state index contributed by atoms with van der Waals surface area (Å²) in [5.41, 5.74) is 0. The molecule has 0 fully saturated rings. The Kier molecular flexibility index (Phi) is 3.45. The van der Waals surface area contributed by atoms with Gasteiger partial charge in [0.15, 0.2) is 0 Å². The van der Waals surface area contributed by atoms with Crippen molar-refractivity contribution in [1.82, 2.24) is 0 Å². The van der Waals surface area contributed by atoms with E-state index in [0.717, 1.165) is 0 Å². The SMILES string of the molecule is FC(F)(Oc1ccccc1)C(Cl)(Cl)Cl. The lowest BCUT2D eigenvalue weighted by Crippen LogP contribution is -2.39. The maximum absolute atomic E-state index is 13.0. The molecule has 0 heterocycles. The number of benzene rings is 1. The summed E-state index contributed by atoms with van der Waals surface area (Å²) < 4.78 is 27.4. The fourth-order valence-electron chi connectivity index (χ4n) is 0.694. The Morgan fingerprint density at radius 2 is 1.50 bits per heavy atom. The standard InChI is InChI=1S/C8H5Cl3F2O/c9-7(10,11)8(12,13)14-6-4-2-1-3-5-6/h1-5H. The summed E-state index contributed by atoms with van der Waals surface area (Å²) in [7, 11) is 0. The van der Waals surface area contributed by atoms with Crippen molar-refractivity contribution in [3.8, 4) is 5.75 Å². The zero-order chi connectivity index (χ0) is 10.8. The monoisotopic (exact) mass is 260 g/mol. The van der Waals surface area contributed by atoms with E-state index >= 15 is 0 Å². The molecule has 0 bridgehead atoms. The van der Waals surface area contributed by atoms with E-state index in [0.29, 0.717) is 0 Å². The van der Waals surface area contributed by atoms with Crippen LogP contribution in [0.15, 0.2) is 30.3 Å². The second-order valence-corrected chi connectivity index (χ2v) is 4.71. The molecule has 1 rings (SSSR count). The molecule has 0 unspecified atom stereocenters. The number of ether oxygens (including phenoxy) is 1. The Balaban J connectivity index is 2.79. The Morgan fingerprint density at radius 1 is 1.00 bits per heavy atom. The van der Waals surface area contributed by atoms with Gasteiger partial charge < -0.3 is 4.74 Å². The molecule has 78 valence electrons. The predicted octanol–water partition coefficient (Wildman–Crippen LogP) is 4.03. The van der Waals surface area contributed by atoms with Gasteiger partial charge in [-0.3, -0.25) is 0 Å². The lowest BCUT2D eigenvalue weighted by Gasteiger charge is -2.23. The Morgan fingerprint density at radius 3 is 1.93 bits per heavy atom. The number of hydrogen-bond acceptors (Lipinski definition) is 1. The van der Waals surface area contributed by atoms with E-state index in [4.69, 9.17) is 34.8 Å². The molecule has 0 atom stereocenters. The quantitative estimate of drug-likeness (QED) is 0.730. The van der Waals surface area contributed by atoms with Crippen LogP contribution in [-0.4, -0.2) is 9.90 Å². The Hall–Kier alpha value is -0.250. The van der Waals surface area contributed by atoms with E-state index in [1.807, 2.05) is 0 Å². The molecular formula is C8H5Cl3F2O. The Bertz CT molecular complexity index is 297. The van der Waals surface area contributed by atoms with E-state index < -0.39 is 9.90 Å². The van der Waals surface area contributed by atoms with Crippen molar-refractivity contribution in [2.24, 2.45) is 0 Å². The summed E-state index contributed by atoms with van der Waals surface area (Å²) in [5.74, 6) is -0.0659. The fraction of sp³-hybridized carbons (Fsp3) is 0.250. The molecule has 0 spiro atoms. The van der Waals surface area contributed by atoms with Crippen LogP contribution in [0.25, 0.3) is 0 Å². The molecule has 0 saturated carbocycles. The lowest BCUT2D eigenvalue weighted by atomic mass is 10.3. The molecule has 0 aliphatic rings. The molecular weight excluding hydrogens is 256 g/mol. The van der Waals surface area contributed by atoms with Gasteiger partial charge in [0.1, 0.15) is 5.75 Å². The van der Waals surface area contributed by atoms with Crippen molar-refractivity contribution in [1.29, 1.82) is 0 Å². The second kappa shape index (κ2) is 4.09. The van der Waals surface area contributed by atoms with Crippen molar-refractivity contribution >= 4 is 34.8 Å². The van der Waals surface area contributed by atoms with Crippen LogP contribution in [0, 0.1) is 0 Å². The number of rotatable bonds is 2. The van der Waals surface area contributed by atoms with Crippen molar-refractivity contribution in [3.63, 3.8) is 0 Å². The average molecular weight is 261 g/mol. The fourth-order valence-corrected chi connectivity index (χ4v) is 0.810. The van der Waals surface area contributed by atoms with Crippen LogP contribution in [0.3, 0.4) is 0 Å². The van der Waals surface area contributed by atoms with Gasteiger partial charge in [-0.1, -0.05) is 53.0 Å². The summed E-state index contributed by atoms with van der Waals surface area (Å²) >= 11 is 15.1. The third-order valence-electron chi connectivity index (χ3n) is 1.32. The number of para-hydroxylation sites is 1. The summed E-state index contributed by atoms with van der Waals surface area (Å²) in [5, 5.41) is 0. The van der Waals surface area contributed by atoms with Crippen LogP contribution in [0.5, 0.6) is 5.75 Å². The molecule has 0 aromatic heterocycles. The van der Waals surface area contributed by atoms with Gasteiger partial charge in [-0.05, 0) is 12.1 Å². The van der Waals surface area contributed by atoms with E-state index in [-0.39, 0.29) is 5.75 Å². The average Bonchev–Trinajstić information content (AvgIpc) is 2.03. The highest BCUT2D eigenvalue weighted by Gasteiger charge is 2.53. The highest BCUT2D eigenvalue weighted by Crippen LogP contribution is 2.43. The molecule has 0 radical (unpaired) electrons. The maximum atomic E-state index is 13.0. The van der Waals surface area contributed by atoms with Crippen LogP contribution in [0.1, 0.15) is 0 Å². The van der Waals surface area contributed by atoms with Crippen LogP contribution in [-0.2, 0) is 0 Å². The molecule has 0 saturated heterocycles. The van der Waals surface area contributed by atoms with E-state index in [1.54, 1.807) is 6.07 Å². The first-order valence-corrected chi connectivity index (χ1v) is 4.65. The predicted molar refractivity (Wildman–Crippen MR) is 52.3 cm³/mol. The van der Waals surface area contributed by atoms with Gasteiger partial charge in [-0.2, -0.15) is 8.78 Å². The third kappa shape index (κ3) is 2.87. The van der Waals surface area contributed by atoms with Gasteiger partial charge >= 0.3 is 6.11 Å². The van der Waals surface area contributed by atoms with Gasteiger partial charge in [0.05, 0.1) is 0 Å². The molecule has 6 heteroatoms. The summed E-state index contributed by atoms with van der Waals surface area (Å²) in [6.45, 7) is 0. The molecule has 1 nitrogen and oxygen atoms in total. The summed E-state index contributed by atoms with van der Waals surface area (Å²) in [6.07, 6.45) is -3.86. The van der Waals surface area contributed by atoms with Gasteiger partial charge in [-0.25, -0.2) is 0 Å². The largest absolute Gasteiger partial charge is 0.446 e. The van der Waals surface area contributed by atoms with Gasteiger partial charge in [0.2, 0.25) is 0 Å². The summed E-state index contributed by atoms with van der Waals surface area (Å²) in [6, 6.07) is 7.39. The zero-order valence-corrected chi connectivity index (χ0v) is 8.95. The highest BCUT2D eigenvalue weighted by atomic mass is 35.6. The van der Waals surface area contributed by atoms with Crippen molar-refractivity contribution < 1.29 is 13.5 Å². The molecule has 0 aliphatic heterocycles. The Labute approximate surface area is 94.5 Å². The van der Waals surface area contributed by atoms with Crippen molar-refractivity contribution in [3.05, 3.63) is 30.3 Å². The van der Waals surface area contributed by atoms with Crippen LogP contribution in [0.2, 0.25) is 0 Å². The zero-order valence-electron chi connectivity index (χ0n) is 6.68. The smallest absolute Gasteiger partial charge is 0.429 e. The summed E-state index contributed by atoms with van der Waals surface area (Å²) in [4.78, 5) is 0. The molecule has 1 aromatic carbocycles. The minimum atomic E-state index is -3.86. The molecule has 0 aliphatic carbocycles. The number of hydrogen-bond donors (Lipinski definition) is 0. The molecule has 1 aromatic rings. The molecule has 14 heavy (non-hydrogen) atoms. The lowest BCUT2D eigenvalue weighted by molar-refractivity contribution is -0.171. The third-order valence-corrected chi connectivity index (χ3v) is 1.98. The van der Waals surface area contributed by atoms with E-state index in [9.17, 15) is 8.78 Å². The van der Waals surface area contributed by atoms with E-state index in [1.165, 1.54) is 24.3 Å². The first-order chi connectivity index (χ1) is 6.33. The van der Waals surface area contributed by atoms with Gasteiger partial charge in [-0.15, -0.1) is 0 Å². The topological polar surface area (TPSA) is 9.23 Å². The van der Waals surface area contributed by atoms with Crippen LogP contribution >= 0.6 is 34.8 Å². The first-order valence-electron chi connectivity index (χ1n) is 3.51. The van der Waals surface area contributed by atoms with Crippen LogP contribution < -0.4 is 4.74 Å². The van der Waals surface area contributed by atoms with Gasteiger partial charge in [0.25, 0.3) is 3.79 Å². The minimum Gasteiger partial charge on any atom is -0.429 e. The van der Waals surface area contributed by atoms with E-state index in [2.05, 4.69) is 4.74 Å². The van der Waals surface area contributed by atoms with Crippen LogP contribution in [0.4, 0.5) is 8.78 Å². The first kappa shape index (κ1) is 11.8. The molecule has 0 amide bonds.